The van der Waals surface area contributed by atoms with E-state index in [0.29, 0.717) is 24.9 Å². The van der Waals surface area contributed by atoms with Crippen molar-refractivity contribution in [1.29, 1.82) is 0 Å². The Morgan fingerprint density at radius 3 is 1.96 bits per heavy atom. The van der Waals surface area contributed by atoms with Crippen molar-refractivity contribution in [2.45, 2.75) is 64.7 Å². The molecule has 0 radical (unpaired) electrons. The number of halogens is 3. The standard InChI is InChI=1S/C17H28F3NO2/c1-11(2)12-3-5-14(6-4-12)16(23)21-9-7-13(8-10-21)15(22)17(18,19)20/h11-15,22H,3-10H2,1-2H3. The van der Waals surface area contributed by atoms with Gasteiger partial charge in [-0.25, -0.2) is 0 Å². The molecule has 2 fully saturated rings. The minimum absolute atomic E-state index is 0.0362. The molecule has 1 saturated carbocycles. The summed E-state index contributed by atoms with van der Waals surface area (Å²) in [6.45, 7) is 5.09. The first-order chi connectivity index (χ1) is 10.7. The highest BCUT2D eigenvalue weighted by Crippen LogP contribution is 2.36. The van der Waals surface area contributed by atoms with Crippen molar-refractivity contribution in [1.82, 2.24) is 4.90 Å². The molecule has 1 heterocycles. The molecule has 1 unspecified atom stereocenters. The van der Waals surface area contributed by atoms with Crippen molar-refractivity contribution in [3.63, 3.8) is 0 Å². The van der Waals surface area contributed by atoms with Crippen molar-refractivity contribution in [3.8, 4) is 0 Å². The highest BCUT2D eigenvalue weighted by Gasteiger charge is 2.44. The molecule has 134 valence electrons. The molecular formula is C17H28F3NO2. The smallest absolute Gasteiger partial charge is 0.383 e. The number of aliphatic hydroxyl groups excluding tert-OH is 1. The average molecular weight is 335 g/mol. The first-order valence-corrected chi connectivity index (χ1v) is 8.73. The monoisotopic (exact) mass is 335 g/mol. The lowest BCUT2D eigenvalue weighted by molar-refractivity contribution is -0.223. The van der Waals surface area contributed by atoms with Crippen LogP contribution in [0.3, 0.4) is 0 Å². The molecule has 1 aliphatic carbocycles. The summed E-state index contributed by atoms with van der Waals surface area (Å²) in [6.07, 6.45) is -2.44. The number of nitrogens with zero attached hydrogens (tertiary/aromatic N) is 1. The number of hydrogen-bond donors (Lipinski definition) is 1. The fraction of sp³-hybridized carbons (Fsp3) is 0.941. The van der Waals surface area contributed by atoms with Crippen molar-refractivity contribution in [3.05, 3.63) is 0 Å². The van der Waals surface area contributed by atoms with Crippen LogP contribution >= 0.6 is 0 Å². The Kier molecular flexibility index (Phi) is 5.98. The van der Waals surface area contributed by atoms with Crippen LogP contribution in [-0.4, -0.2) is 41.3 Å². The average Bonchev–Trinajstić information content (AvgIpc) is 2.53. The molecule has 1 atom stereocenters. The van der Waals surface area contributed by atoms with Crippen molar-refractivity contribution in [2.75, 3.05) is 13.1 Å². The topological polar surface area (TPSA) is 40.5 Å². The Morgan fingerprint density at radius 1 is 1.00 bits per heavy atom. The number of alkyl halides is 3. The summed E-state index contributed by atoms with van der Waals surface area (Å²) in [5.74, 6) is 0.689. The molecule has 1 amide bonds. The number of rotatable bonds is 3. The quantitative estimate of drug-likeness (QED) is 0.856. The molecule has 0 aromatic heterocycles. The summed E-state index contributed by atoms with van der Waals surface area (Å²) < 4.78 is 37.7. The van der Waals surface area contributed by atoms with Gasteiger partial charge in [-0.2, -0.15) is 13.2 Å². The van der Waals surface area contributed by atoms with Crippen molar-refractivity contribution < 1.29 is 23.1 Å². The second-order valence-electron chi connectivity index (χ2n) is 7.50. The lowest BCUT2D eigenvalue weighted by Gasteiger charge is -2.38. The zero-order valence-electron chi connectivity index (χ0n) is 14.0. The molecular weight excluding hydrogens is 307 g/mol. The Labute approximate surface area is 136 Å². The van der Waals surface area contributed by atoms with Gasteiger partial charge in [-0.15, -0.1) is 0 Å². The lowest BCUT2D eigenvalue weighted by Crippen LogP contribution is -2.47. The van der Waals surface area contributed by atoms with Crippen LogP contribution in [0.15, 0.2) is 0 Å². The molecule has 1 N–H and O–H groups in total. The third-order valence-electron chi connectivity index (χ3n) is 5.70. The van der Waals surface area contributed by atoms with Gasteiger partial charge in [0.25, 0.3) is 0 Å². The van der Waals surface area contributed by atoms with E-state index in [1.165, 1.54) is 0 Å². The van der Waals surface area contributed by atoms with Crippen LogP contribution in [0.5, 0.6) is 0 Å². The molecule has 1 saturated heterocycles. The predicted octanol–water partition coefficient (Wildman–Crippen LogP) is 3.61. The highest BCUT2D eigenvalue weighted by molar-refractivity contribution is 5.79. The second-order valence-corrected chi connectivity index (χ2v) is 7.50. The van der Waals surface area contributed by atoms with Gasteiger partial charge in [-0.05, 0) is 56.3 Å². The third-order valence-corrected chi connectivity index (χ3v) is 5.70. The summed E-state index contributed by atoms with van der Waals surface area (Å²) in [6, 6.07) is 0. The van der Waals surface area contributed by atoms with Gasteiger partial charge in [-0.3, -0.25) is 4.79 Å². The second kappa shape index (κ2) is 7.41. The summed E-state index contributed by atoms with van der Waals surface area (Å²) in [4.78, 5) is 14.3. The molecule has 0 aromatic carbocycles. The van der Waals surface area contributed by atoms with Gasteiger partial charge >= 0.3 is 6.18 Å². The minimum Gasteiger partial charge on any atom is -0.383 e. The van der Waals surface area contributed by atoms with Crippen LogP contribution < -0.4 is 0 Å². The maximum atomic E-state index is 12.6. The molecule has 1 aliphatic heterocycles. The SMILES string of the molecule is CC(C)C1CCC(C(=O)N2CCC(C(O)C(F)(F)F)CC2)CC1. The van der Waals surface area contributed by atoms with Gasteiger partial charge in [0.1, 0.15) is 0 Å². The number of carbonyl (C=O) groups excluding carboxylic acids is 1. The van der Waals surface area contributed by atoms with E-state index in [9.17, 15) is 23.1 Å². The number of amides is 1. The van der Waals surface area contributed by atoms with Gasteiger partial charge < -0.3 is 10.0 Å². The maximum absolute atomic E-state index is 12.6. The van der Waals surface area contributed by atoms with Crippen molar-refractivity contribution in [2.24, 2.45) is 23.7 Å². The normalized spacial score (nSPS) is 28.9. The van der Waals surface area contributed by atoms with E-state index in [2.05, 4.69) is 13.8 Å². The van der Waals surface area contributed by atoms with Gasteiger partial charge in [0.05, 0.1) is 0 Å². The Morgan fingerprint density at radius 2 is 1.52 bits per heavy atom. The molecule has 23 heavy (non-hydrogen) atoms. The highest BCUT2D eigenvalue weighted by atomic mass is 19.4. The van der Waals surface area contributed by atoms with Crippen molar-refractivity contribution >= 4 is 5.91 Å². The third kappa shape index (κ3) is 4.61. The van der Waals surface area contributed by atoms with E-state index in [1.807, 2.05) is 0 Å². The zero-order chi connectivity index (χ0) is 17.2. The predicted molar refractivity (Wildman–Crippen MR) is 81.7 cm³/mol. The summed E-state index contributed by atoms with van der Waals surface area (Å²) in [5.41, 5.74) is 0. The van der Waals surface area contributed by atoms with E-state index < -0.39 is 18.2 Å². The molecule has 3 nitrogen and oxygen atoms in total. The van der Waals surface area contributed by atoms with E-state index in [-0.39, 0.29) is 24.7 Å². The number of likely N-dealkylation sites (tertiary alicyclic amines) is 1. The molecule has 2 aliphatic rings. The summed E-state index contributed by atoms with van der Waals surface area (Å²) in [5, 5.41) is 9.34. The first kappa shape index (κ1) is 18.6. The Bertz CT molecular complexity index is 395. The fourth-order valence-electron chi connectivity index (χ4n) is 3.99. The molecule has 6 heteroatoms. The fourth-order valence-corrected chi connectivity index (χ4v) is 3.99. The molecule has 0 aromatic rings. The number of aliphatic hydroxyl groups is 1. The van der Waals surface area contributed by atoms with Crippen LogP contribution in [0.4, 0.5) is 13.2 Å². The van der Waals surface area contributed by atoms with E-state index in [4.69, 9.17) is 0 Å². The van der Waals surface area contributed by atoms with Gasteiger partial charge in [0.2, 0.25) is 5.91 Å². The van der Waals surface area contributed by atoms with E-state index in [0.717, 1.165) is 25.7 Å². The number of hydrogen-bond acceptors (Lipinski definition) is 2. The number of piperidine rings is 1. The van der Waals surface area contributed by atoms with Crippen LogP contribution in [0.1, 0.15) is 52.4 Å². The number of carbonyl (C=O) groups is 1. The summed E-state index contributed by atoms with van der Waals surface area (Å²) >= 11 is 0. The van der Waals surface area contributed by atoms with Crippen LogP contribution in [0.25, 0.3) is 0 Å². The zero-order valence-corrected chi connectivity index (χ0v) is 14.0. The minimum atomic E-state index is -4.56. The molecule has 0 spiro atoms. The Balaban J connectivity index is 1.80. The van der Waals surface area contributed by atoms with Crippen LogP contribution in [-0.2, 0) is 4.79 Å². The molecule has 2 rings (SSSR count). The molecule has 0 bridgehead atoms. The summed E-state index contributed by atoms with van der Waals surface area (Å²) in [7, 11) is 0. The maximum Gasteiger partial charge on any atom is 0.414 e. The van der Waals surface area contributed by atoms with Gasteiger partial charge in [0.15, 0.2) is 6.10 Å². The first-order valence-electron chi connectivity index (χ1n) is 8.73. The van der Waals surface area contributed by atoms with Crippen LogP contribution in [0, 0.1) is 23.7 Å². The van der Waals surface area contributed by atoms with Gasteiger partial charge in [-0.1, -0.05) is 13.8 Å². The van der Waals surface area contributed by atoms with E-state index in [1.54, 1.807) is 4.90 Å². The van der Waals surface area contributed by atoms with Gasteiger partial charge in [0, 0.05) is 19.0 Å². The Hall–Kier alpha value is -0.780. The van der Waals surface area contributed by atoms with E-state index >= 15 is 0 Å². The van der Waals surface area contributed by atoms with Crippen LogP contribution in [0.2, 0.25) is 0 Å². The lowest BCUT2D eigenvalue weighted by atomic mass is 9.76. The largest absolute Gasteiger partial charge is 0.414 e.